The summed E-state index contributed by atoms with van der Waals surface area (Å²) in [5.74, 6) is 0. The molecule has 1 aromatic rings. The third-order valence-electron chi connectivity index (χ3n) is 2.96. The summed E-state index contributed by atoms with van der Waals surface area (Å²) in [7, 11) is 0. The Balaban J connectivity index is 1.72. The molecule has 1 aromatic carbocycles. The summed E-state index contributed by atoms with van der Waals surface area (Å²) in [4.78, 5) is 10.2. The van der Waals surface area contributed by atoms with Gasteiger partial charge in [-0.15, -0.1) is 0 Å². The van der Waals surface area contributed by atoms with E-state index in [1.807, 2.05) is 30.3 Å². The number of amides is 1. The van der Waals surface area contributed by atoms with E-state index in [-0.39, 0.29) is 6.54 Å². The third kappa shape index (κ3) is 12.8. The highest BCUT2D eigenvalue weighted by Crippen LogP contribution is 2.00. The van der Waals surface area contributed by atoms with Crippen LogP contribution in [0.15, 0.2) is 30.3 Å². The molecule has 7 nitrogen and oxygen atoms in total. The standard InChI is InChI=1S/C17H27NO6/c19-17(20)18-7-10-22-12-14-23-13-11-21-8-4-9-24-15-16-5-2-1-3-6-16/h1-3,5-6,18H,4,7-15H2,(H,19,20). The summed E-state index contributed by atoms with van der Waals surface area (Å²) in [6.07, 6.45) is -0.190. The highest BCUT2D eigenvalue weighted by Gasteiger charge is 1.95. The summed E-state index contributed by atoms with van der Waals surface area (Å²) in [6, 6.07) is 10.1. The van der Waals surface area contributed by atoms with Gasteiger partial charge in [-0.1, -0.05) is 30.3 Å². The van der Waals surface area contributed by atoms with Gasteiger partial charge in [0.15, 0.2) is 0 Å². The molecule has 0 unspecified atom stereocenters. The minimum absolute atomic E-state index is 0.283. The molecule has 0 heterocycles. The first-order chi connectivity index (χ1) is 11.8. The number of hydrogen-bond acceptors (Lipinski definition) is 5. The lowest BCUT2D eigenvalue weighted by Gasteiger charge is -2.07. The first-order valence-electron chi connectivity index (χ1n) is 8.10. The van der Waals surface area contributed by atoms with E-state index in [0.717, 1.165) is 6.42 Å². The van der Waals surface area contributed by atoms with Gasteiger partial charge in [-0.3, -0.25) is 0 Å². The normalized spacial score (nSPS) is 10.7. The highest BCUT2D eigenvalue weighted by molar-refractivity contribution is 5.64. The Morgan fingerprint density at radius 3 is 2.08 bits per heavy atom. The van der Waals surface area contributed by atoms with Gasteiger partial charge in [0, 0.05) is 19.8 Å². The molecule has 0 aliphatic rings. The Morgan fingerprint density at radius 2 is 1.42 bits per heavy atom. The molecule has 7 heteroatoms. The van der Waals surface area contributed by atoms with E-state index in [1.165, 1.54) is 5.56 Å². The van der Waals surface area contributed by atoms with Gasteiger partial charge in [0.25, 0.3) is 0 Å². The Kier molecular flexibility index (Phi) is 12.6. The lowest BCUT2D eigenvalue weighted by atomic mass is 10.2. The van der Waals surface area contributed by atoms with Gasteiger partial charge in [0.1, 0.15) is 0 Å². The lowest BCUT2D eigenvalue weighted by Crippen LogP contribution is -2.25. The van der Waals surface area contributed by atoms with Crippen molar-refractivity contribution in [2.24, 2.45) is 0 Å². The minimum atomic E-state index is -1.04. The van der Waals surface area contributed by atoms with Crippen molar-refractivity contribution < 1.29 is 28.8 Å². The summed E-state index contributed by atoms with van der Waals surface area (Å²) in [5.41, 5.74) is 1.17. The SMILES string of the molecule is O=C(O)NCCOCCOCCOCCCOCc1ccccc1. The molecule has 0 fully saturated rings. The second-order valence-corrected chi connectivity index (χ2v) is 4.96. The Morgan fingerprint density at radius 1 is 0.833 bits per heavy atom. The smallest absolute Gasteiger partial charge is 0.404 e. The van der Waals surface area contributed by atoms with Crippen LogP contribution in [0.5, 0.6) is 0 Å². The zero-order chi connectivity index (χ0) is 17.3. The van der Waals surface area contributed by atoms with Crippen LogP contribution in [-0.2, 0) is 25.6 Å². The number of benzene rings is 1. The molecule has 0 saturated heterocycles. The van der Waals surface area contributed by atoms with Crippen LogP contribution >= 0.6 is 0 Å². The van der Waals surface area contributed by atoms with Crippen LogP contribution in [0.1, 0.15) is 12.0 Å². The van der Waals surface area contributed by atoms with Crippen molar-refractivity contribution in [1.29, 1.82) is 0 Å². The molecule has 24 heavy (non-hydrogen) atoms. The number of ether oxygens (including phenoxy) is 4. The molecular weight excluding hydrogens is 314 g/mol. The van der Waals surface area contributed by atoms with E-state index in [2.05, 4.69) is 5.32 Å². The van der Waals surface area contributed by atoms with Crippen molar-refractivity contribution in [3.05, 3.63) is 35.9 Å². The molecule has 1 rings (SSSR count). The molecule has 0 radical (unpaired) electrons. The molecule has 1 amide bonds. The number of carboxylic acid groups (broad SMARTS) is 1. The number of hydrogen-bond donors (Lipinski definition) is 2. The predicted molar refractivity (Wildman–Crippen MR) is 89.2 cm³/mol. The van der Waals surface area contributed by atoms with E-state index < -0.39 is 6.09 Å². The molecule has 136 valence electrons. The predicted octanol–water partition coefficient (Wildman–Crippen LogP) is 1.91. The molecule has 0 spiro atoms. The van der Waals surface area contributed by atoms with Crippen LogP contribution in [0, 0.1) is 0 Å². The largest absolute Gasteiger partial charge is 0.465 e. The average Bonchev–Trinajstić information content (AvgIpc) is 2.59. The molecule has 0 saturated carbocycles. The fourth-order valence-electron chi connectivity index (χ4n) is 1.80. The summed E-state index contributed by atoms with van der Waals surface area (Å²) < 4.78 is 21.5. The van der Waals surface area contributed by atoms with Crippen LogP contribution < -0.4 is 5.32 Å². The average molecular weight is 341 g/mol. The lowest BCUT2D eigenvalue weighted by molar-refractivity contribution is 0.00968. The fraction of sp³-hybridized carbons (Fsp3) is 0.588. The second kappa shape index (κ2) is 14.9. The molecule has 2 N–H and O–H groups in total. The Bertz CT molecular complexity index is 415. The van der Waals surface area contributed by atoms with Crippen molar-refractivity contribution >= 4 is 6.09 Å². The quantitative estimate of drug-likeness (QED) is 0.474. The maximum absolute atomic E-state index is 10.2. The second-order valence-electron chi connectivity index (χ2n) is 4.96. The van der Waals surface area contributed by atoms with Gasteiger partial charge < -0.3 is 29.4 Å². The zero-order valence-corrected chi connectivity index (χ0v) is 13.9. The topological polar surface area (TPSA) is 86.3 Å². The van der Waals surface area contributed by atoms with Crippen LogP contribution in [-0.4, -0.2) is 64.0 Å². The maximum Gasteiger partial charge on any atom is 0.404 e. The van der Waals surface area contributed by atoms with Gasteiger partial charge >= 0.3 is 6.09 Å². The van der Waals surface area contributed by atoms with Crippen LogP contribution in [0.2, 0.25) is 0 Å². The van der Waals surface area contributed by atoms with Crippen molar-refractivity contribution in [3.63, 3.8) is 0 Å². The van der Waals surface area contributed by atoms with Crippen LogP contribution in [0.3, 0.4) is 0 Å². The first-order valence-corrected chi connectivity index (χ1v) is 8.10. The van der Waals surface area contributed by atoms with E-state index in [4.69, 9.17) is 24.1 Å². The van der Waals surface area contributed by atoms with E-state index in [0.29, 0.717) is 52.9 Å². The summed E-state index contributed by atoms with van der Waals surface area (Å²) >= 11 is 0. The van der Waals surface area contributed by atoms with Crippen molar-refractivity contribution in [2.45, 2.75) is 13.0 Å². The molecule has 0 aliphatic carbocycles. The maximum atomic E-state index is 10.2. The monoisotopic (exact) mass is 341 g/mol. The van der Waals surface area contributed by atoms with E-state index in [9.17, 15) is 4.79 Å². The molecule has 0 aromatic heterocycles. The number of nitrogens with one attached hydrogen (secondary N) is 1. The van der Waals surface area contributed by atoms with Crippen LogP contribution in [0.25, 0.3) is 0 Å². The molecule has 0 aliphatic heterocycles. The van der Waals surface area contributed by atoms with Crippen LogP contribution in [0.4, 0.5) is 4.79 Å². The Labute approximate surface area is 142 Å². The van der Waals surface area contributed by atoms with Crippen molar-refractivity contribution in [3.8, 4) is 0 Å². The van der Waals surface area contributed by atoms with Crippen molar-refractivity contribution in [1.82, 2.24) is 5.32 Å². The van der Waals surface area contributed by atoms with Gasteiger partial charge in [-0.2, -0.15) is 0 Å². The fourth-order valence-corrected chi connectivity index (χ4v) is 1.80. The van der Waals surface area contributed by atoms with Gasteiger partial charge in [-0.25, -0.2) is 4.79 Å². The van der Waals surface area contributed by atoms with E-state index >= 15 is 0 Å². The molecular formula is C17H27NO6. The zero-order valence-electron chi connectivity index (χ0n) is 13.9. The van der Waals surface area contributed by atoms with Crippen molar-refractivity contribution in [2.75, 3.05) is 52.8 Å². The number of rotatable bonds is 15. The third-order valence-corrected chi connectivity index (χ3v) is 2.96. The minimum Gasteiger partial charge on any atom is -0.465 e. The van der Waals surface area contributed by atoms with E-state index in [1.54, 1.807) is 0 Å². The van der Waals surface area contributed by atoms with Gasteiger partial charge in [0.2, 0.25) is 0 Å². The Hall–Kier alpha value is -1.67. The van der Waals surface area contributed by atoms with Gasteiger partial charge in [-0.05, 0) is 12.0 Å². The number of carbonyl (C=O) groups is 1. The highest BCUT2D eigenvalue weighted by atomic mass is 16.5. The summed E-state index contributed by atoms with van der Waals surface area (Å²) in [6.45, 7) is 4.54. The summed E-state index contributed by atoms with van der Waals surface area (Å²) in [5, 5.41) is 10.6. The molecule has 0 atom stereocenters. The molecule has 0 bridgehead atoms. The first kappa shape index (κ1) is 20.4. The van der Waals surface area contributed by atoms with Gasteiger partial charge in [0.05, 0.1) is 39.6 Å².